The topological polar surface area (TPSA) is 94.4 Å². The van der Waals surface area contributed by atoms with Gasteiger partial charge in [-0.15, -0.1) is 0 Å². The van der Waals surface area contributed by atoms with E-state index in [0.717, 1.165) is 45.3 Å². The van der Waals surface area contributed by atoms with Crippen LogP contribution < -0.4 is 9.47 Å². The van der Waals surface area contributed by atoms with Crippen molar-refractivity contribution in [3.8, 4) is 11.5 Å². The first-order valence-corrected chi connectivity index (χ1v) is 13.7. The Morgan fingerprint density at radius 3 is 2.34 bits per heavy atom. The molecule has 38 heavy (non-hydrogen) atoms. The maximum absolute atomic E-state index is 12.8. The third-order valence-corrected chi connectivity index (χ3v) is 7.31. The molecule has 2 saturated heterocycles. The number of carbonyl (C=O) groups is 1. The summed E-state index contributed by atoms with van der Waals surface area (Å²) in [4.78, 5) is 27.9. The van der Waals surface area contributed by atoms with Gasteiger partial charge in [0.25, 0.3) is 0 Å². The number of nitrogens with zero attached hydrogens (tertiary/aromatic N) is 3. The van der Waals surface area contributed by atoms with Gasteiger partial charge in [-0.2, -0.15) is 0 Å². The Morgan fingerprint density at radius 2 is 1.68 bits per heavy atom. The first-order valence-electron chi connectivity index (χ1n) is 13.7. The highest BCUT2D eigenvalue weighted by Crippen LogP contribution is 2.32. The van der Waals surface area contributed by atoms with Crippen LogP contribution in [0.25, 0.3) is 0 Å². The molecule has 0 bridgehead atoms. The molecule has 9 heteroatoms. The highest BCUT2D eigenvalue weighted by atomic mass is 16.6. The summed E-state index contributed by atoms with van der Waals surface area (Å²) in [5.74, 6) is 0.953. The SMILES string of the molecule is CCOc1cc(OC2CCN(C(=O)CCN3CCC(OCc4ccc(C)cc4)CC3)CC2)ccc1[N+](=O)[O-]. The number of ether oxygens (including phenoxy) is 3. The van der Waals surface area contributed by atoms with Gasteiger partial charge in [-0.3, -0.25) is 14.9 Å². The number of amides is 1. The molecule has 0 aliphatic carbocycles. The lowest BCUT2D eigenvalue weighted by Crippen LogP contribution is -2.44. The average Bonchev–Trinajstić information content (AvgIpc) is 2.92. The van der Waals surface area contributed by atoms with Crippen LogP contribution in [0.4, 0.5) is 5.69 Å². The minimum Gasteiger partial charge on any atom is -0.490 e. The van der Waals surface area contributed by atoms with Crippen molar-refractivity contribution < 1.29 is 23.9 Å². The zero-order valence-electron chi connectivity index (χ0n) is 22.5. The fourth-order valence-electron chi connectivity index (χ4n) is 5.02. The number of aryl methyl sites for hydroxylation is 1. The van der Waals surface area contributed by atoms with Crippen molar-refractivity contribution in [2.24, 2.45) is 0 Å². The van der Waals surface area contributed by atoms with Crippen LogP contribution in [0.1, 0.15) is 50.2 Å². The smallest absolute Gasteiger partial charge is 0.311 e. The van der Waals surface area contributed by atoms with Crippen molar-refractivity contribution in [2.45, 2.75) is 64.8 Å². The lowest BCUT2D eigenvalue weighted by molar-refractivity contribution is -0.385. The minimum atomic E-state index is -0.457. The molecule has 206 valence electrons. The Balaban J connectivity index is 1.13. The standard InChI is InChI=1S/C29H39N3O6/c1-3-36-28-20-26(8-9-27(28)32(34)35)38-25-12-18-31(19-13-25)29(33)14-17-30-15-10-24(11-16-30)37-21-23-6-4-22(2)5-7-23/h4-9,20,24-25H,3,10-19,21H2,1-2H3. The van der Waals surface area contributed by atoms with E-state index in [0.29, 0.717) is 38.5 Å². The van der Waals surface area contributed by atoms with Crippen molar-refractivity contribution in [1.82, 2.24) is 9.80 Å². The molecule has 2 heterocycles. The molecule has 4 rings (SSSR count). The van der Waals surface area contributed by atoms with E-state index in [1.165, 1.54) is 17.2 Å². The second-order valence-electron chi connectivity index (χ2n) is 10.1. The van der Waals surface area contributed by atoms with Gasteiger partial charge in [0, 0.05) is 64.1 Å². The van der Waals surface area contributed by atoms with E-state index in [-0.39, 0.29) is 29.6 Å². The van der Waals surface area contributed by atoms with Crippen molar-refractivity contribution in [1.29, 1.82) is 0 Å². The summed E-state index contributed by atoms with van der Waals surface area (Å²) >= 11 is 0. The Labute approximate surface area is 224 Å². The molecule has 0 atom stereocenters. The molecule has 2 aromatic rings. The third kappa shape index (κ3) is 7.91. The quantitative estimate of drug-likeness (QED) is 0.309. The number of rotatable bonds is 11. The lowest BCUT2D eigenvalue weighted by atomic mass is 10.1. The van der Waals surface area contributed by atoms with Crippen LogP contribution in [-0.2, 0) is 16.1 Å². The fourth-order valence-corrected chi connectivity index (χ4v) is 5.02. The Kier molecular flexibility index (Phi) is 9.95. The molecule has 1 amide bonds. The van der Waals surface area contributed by atoms with Crippen molar-refractivity contribution >= 4 is 11.6 Å². The molecule has 0 N–H and O–H groups in total. The number of benzene rings is 2. The number of hydrogen-bond donors (Lipinski definition) is 0. The predicted molar refractivity (Wildman–Crippen MR) is 145 cm³/mol. The first-order chi connectivity index (χ1) is 18.4. The van der Waals surface area contributed by atoms with Gasteiger partial charge in [-0.1, -0.05) is 29.8 Å². The summed E-state index contributed by atoms with van der Waals surface area (Å²) < 4.78 is 17.6. The molecule has 2 aliphatic rings. The van der Waals surface area contributed by atoms with Gasteiger partial charge < -0.3 is 24.0 Å². The van der Waals surface area contributed by atoms with Crippen LogP contribution in [0.5, 0.6) is 11.5 Å². The number of nitro benzene ring substituents is 1. The third-order valence-electron chi connectivity index (χ3n) is 7.31. The van der Waals surface area contributed by atoms with E-state index in [9.17, 15) is 14.9 Å². The van der Waals surface area contributed by atoms with Gasteiger partial charge in [0.05, 0.1) is 24.2 Å². The van der Waals surface area contributed by atoms with Crippen LogP contribution >= 0.6 is 0 Å². The van der Waals surface area contributed by atoms with E-state index in [4.69, 9.17) is 14.2 Å². The lowest BCUT2D eigenvalue weighted by Gasteiger charge is -2.34. The van der Waals surface area contributed by atoms with Gasteiger partial charge in [-0.05, 0) is 38.3 Å². The van der Waals surface area contributed by atoms with Gasteiger partial charge in [0.1, 0.15) is 11.9 Å². The summed E-state index contributed by atoms with van der Waals surface area (Å²) in [5.41, 5.74) is 2.40. The van der Waals surface area contributed by atoms with Gasteiger partial charge >= 0.3 is 5.69 Å². The molecular weight excluding hydrogens is 486 g/mol. The molecule has 9 nitrogen and oxygen atoms in total. The fraction of sp³-hybridized carbons (Fsp3) is 0.552. The predicted octanol–water partition coefficient (Wildman–Crippen LogP) is 4.74. The first kappa shape index (κ1) is 27.9. The summed E-state index contributed by atoms with van der Waals surface area (Å²) in [6, 6.07) is 13.1. The van der Waals surface area contributed by atoms with E-state index in [2.05, 4.69) is 36.1 Å². The maximum atomic E-state index is 12.8. The molecule has 0 aromatic heterocycles. The van der Waals surface area contributed by atoms with Gasteiger partial charge in [-0.25, -0.2) is 0 Å². The van der Waals surface area contributed by atoms with Gasteiger partial charge in [0.15, 0.2) is 0 Å². The minimum absolute atomic E-state index is 0.0334. The second kappa shape index (κ2) is 13.6. The number of piperidine rings is 2. The zero-order valence-corrected chi connectivity index (χ0v) is 22.5. The zero-order chi connectivity index (χ0) is 26.9. The van der Waals surface area contributed by atoms with E-state index in [1.54, 1.807) is 19.1 Å². The molecule has 0 unspecified atom stereocenters. The number of nitro groups is 1. The maximum Gasteiger partial charge on any atom is 0.311 e. The Morgan fingerprint density at radius 1 is 1.00 bits per heavy atom. The Bertz CT molecular complexity index is 1060. The highest BCUT2D eigenvalue weighted by Gasteiger charge is 2.26. The summed E-state index contributed by atoms with van der Waals surface area (Å²) in [6.07, 6.45) is 4.23. The largest absolute Gasteiger partial charge is 0.490 e. The molecule has 0 radical (unpaired) electrons. The van der Waals surface area contributed by atoms with E-state index in [1.807, 2.05) is 4.90 Å². The molecule has 2 aliphatic heterocycles. The number of hydrogen-bond acceptors (Lipinski definition) is 7. The summed E-state index contributed by atoms with van der Waals surface area (Å²) in [5, 5.41) is 11.2. The van der Waals surface area contributed by atoms with Crippen LogP contribution in [0.2, 0.25) is 0 Å². The normalized spacial score (nSPS) is 17.4. The van der Waals surface area contributed by atoms with Crippen LogP contribution in [0.3, 0.4) is 0 Å². The summed E-state index contributed by atoms with van der Waals surface area (Å²) in [7, 11) is 0. The number of carbonyl (C=O) groups excluding carboxylic acids is 1. The van der Waals surface area contributed by atoms with E-state index >= 15 is 0 Å². The Hall–Kier alpha value is -3.17. The molecular formula is C29H39N3O6. The second-order valence-corrected chi connectivity index (χ2v) is 10.1. The van der Waals surface area contributed by atoms with Crippen LogP contribution in [0.15, 0.2) is 42.5 Å². The average molecular weight is 526 g/mol. The van der Waals surface area contributed by atoms with Crippen molar-refractivity contribution in [3.63, 3.8) is 0 Å². The van der Waals surface area contributed by atoms with E-state index < -0.39 is 4.92 Å². The van der Waals surface area contributed by atoms with Crippen molar-refractivity contribution in [2.75, 3.05) is 39.3 Å². The summed E-state index contributed by atoms with van der Waals surface area (Å²) in [6.45, 7) is 8.88. The molecule has 0 spiro atoms. The monoisotopic (exact) mass is 525 g/mol. The van der Waals surface area contributed by atoms with Crippen LogP contribution in [0, 0.1) is 17.0 Å². The molecule has 2 aromatic carbocycles. The molecule has 2 fully saturated rings. The molecule has 0 saturated carbocycles. The number of likely N-dealkylation sites (tertiary alicyclic amines) is 2. The van der Waals surface area contributed by atoms with Crippen molar-refractivity contribution in [3.05, 3.63) is 63.7 Å². The van der Waals surface area contributed by atoms with Crippen LogP contribution in [-0.4, -0.2) is 72.2 Å². The van der Waals surface area contributed by atoms with Gasteiger partial charge in [0.2, 0.25) is 11.7 Å². The highest BCUT2D eigenvalue weighted by molar-refractivity contribution is 5.76.